The highest BCUT2D eigenvalue weighted by atomic mass is 16.2. The van der Waals surface area contributed by atoms with Gasteiger partial charge in [0.25, 0.3) is 11.8 Å². The number of benzene rings is 2. The zero-order chi connectivity index (χ0) is 25.6. The highest BCUT2D eigenvalue weighted by Gasteiger charge is 2.28. The summed E-state index contributed by atoms with van der Waals surface area (Å²) in [5.74, 6) is 1.03. The van der Waals surface area contributed by atoms with Crippen molar-refractivity contribution in [1.29, 1.82) is 0 Å². The van der Waals surface area contributed by atoms with Gasteiger partial charge in [0.2, 0.25) is 0 Å². The second kappa shape index (κ2) is 11.5. The molecule has 0 unspecified atom stereocenters. The molecule has 0 atom stereocenters. The fraction of sp³-hybridized carbons (Fsp3) is 0.367. The fourth-order valence-corrected chi connectivity index (χ4v) is 5.21. The Morgan fingerprint density at radius 3 is 2.22 bits per heavy atom. The summed E-state index contributed by atoms with van der Waals surface area (Å²) in [6.07, 6.45) is 4.47. The van der Waals surface area contributed by atoms with E-state index in [1.807, 2.05) is 71.6 Å². The summed E-state index contributed by atoms with van der Waals surface area (Å²) in [5.41, 5.74) is 3.68. The quantitative estimate of drug-likeness (QED) is 0.558. The van der Waals surface area contributed by atoms with Gasteiger partial charge in [0.15, 0.2) is 0 Å². The minimum atomic E-state index is -0.0125. The molecule has 0 aliphatic carbocycles. The molecule has 0 radical (unpaired) electrons. The first-order valence-corrected chi connectivity index (χ1v) is 13.3. The molecular weight excluding hydrogens is 462 g/mol. The van der Waals surface area contributed by atoms with Gasteiger partial charge in [-0.05, 0) is 61.2 Å². The van der Waals surface area contributed by atoms with Crippen molar-refractivity contribution in [2.75, 3.05) is 49.1 Å². The number of nitrogens with zero attached hydrogens (tertiary/aromatic N) is 4. The third-order valence-corrected chi connectivity index (χ3v) is 7.47. The maximum Gasteiger partial charge on any atom is 0.256 e. The number of carbonyl (C=O) groups excluding carboxylic acids is 2. The van der Waals surface area contributed by atoms with Crippen molar-refractivity contribution in [3.05, 3.63) is 89.6 Å². The van der Waals surface area contributed by atoms with Crippen LogP contribution >= 0.6 is 0 Å². The van der Waals surface area contributed by atoms with Crippen molar-refractivity contribution in [1.82, 2.24) is 15.2 Å². The molecule has 7 heteroatoms. The van der Waals surface area contributed by atoms with E-state index < -0.39 is 0 Å². The zero-order valence-corrected chi connectivity index (χ0v) is 21.5. The summed E-state index contributed by atoms with van der Waals surface area (Å²) in [6.45, 7) is 6.62. The van der Waals surface area contributed by atoms with E-state index in [-0.39, 0.29) is 17.9 Å². The van der Waals surface area contributed by atoms with E-state index in [2.05, 4.69) is 27.0 Å². The van der Waals surface area contributed by atoms with Crippen LogP contribution < -0.4 is 15.1 Å². The molecule has 1 aromatic heterocycles. The number of rotatable bonds is 6. The first-order valence-electron chi connectivity index (χ1n) is 13.3. The molecule has 2 aliphatic rings. The molecule has 3 aromatic rings. The third kappa shape index (κ3) is 5.77. The van der Waals surface area contributed by atoms with Gasteiger partial charge in [-0.1, -0.05) is 37.3 Å². The van der Waals surface area contributed by atoms with E-state index in [1.165, 1.54) is 5.56 Å². The van der Waals surface area contributed by atoms with Crippen LogP contribution in [0.4, 0.5) is 11.5 Å². The molecular formula is C30H35N5O2. The Bertz CT molecular complexity index is 1200. The van der Waals surface area contributed by atoms with Crippen LogP contribution in [0.1, 0.15) is 46.0 Å². The number of pyridine rings is 1. The van der Waals surface area contributed by atoms with Crippen LogP contribution in [-0.2, 0) is 6.42 Å². The fourth-order valence-electron chi connectivity index (χ4n) is 5.21. The Morgan fingerprint density at radius 2 is 1.54 bits per heavy atom. The Kier molecular flexibility index (Phi) is 7.68. The smallest absolute Gasteiger partial charge is 0.256 e. The summed E-state index contributed by atoms with van der Waals surface area (Å²) in [7, 11) is 0. The predicted octanol–water partition coefficient (Wildman–Crippen LogP) is 4.01. The van der Waals surface area contributed by atoms with E-state index in [0.29, 0.717) is 18.7 Å². The summed E-state index contributed by atoms with van der Waals surface area (Å²) in [6, 6.07) is 21.8. The molecule has 2 saturated heterocycles. The number of hydrogen-bond acceptors (Lipinski definition) is 5. The third-order valence-electron chi connectivity index (χ3n) is 7.47. The average molecular weight is 498 g/mol. The number of carbonyl (C=O) groups is 2. The van der Waals surface area contributed by atoms with Crippen molar-refractivity contribution < 1.29 is 9.59 Å². The lowest BCUT2D eigenvalue weighted by atomic mass is 10.0. The minimum Gasteiger partial charge on any atom is -0.371 e. The van der Waals surface area contributed by atoms with Gasteiger partial charge >= 0.3 is 0 Å². The van der Waals surface area contributed by atoms with Gasteiger partial charge in [-0.15, -0.1) is 0 Å². The lowest BCUT2D eigenvalue weighted by Crippen LogP contribution is -2.49. The summed E-state index contributed by atoms with van der Waals surface area (Å²) in [5, 5.41) is 3.20. The Labute approximate surface area is 219 Å². The molecule has 0 spiro atoms. The summed E-state index contributed by atoms with van der Waals surface area (Å²) < 4.78 is 0. The monoisotopic (exact) mass is 497 g/mol. The number of para-hydroxylation sites is 1. The van der Waals surface area contributed by atoms with Crippen LogP contribution in [0.15, 0.2) is 72.9 Å². The van der Waals surface area contributed by atoms with Crippen LogP contribution in [0.5, 0.6) is 0 Å². The lowest BCUT2D eigenvalue weighted by molar-refractivity contribution is 0.0747. The van der Waals surface area contributed by atoms with E-state index in [0.717, 1.165) is 62.5 Å². The normalized spacial score (nSPS) is 16.5. The first-order chi connectivity index (χ1) is 18.1. The number of aromatic nitrogens is 1. The molecule has 2 fully saturated rings. The molecule has 37 heavy (non-hydrogen) atoms. The molecule has 0 bridgehead atoms. The van der Waals surface area contributed by atoms with E-state index in [9.17, 15) is 9.59 Å². The predicted molar refractivity (Wildman–Crippen MR) is 147 cm³/mol. The lowest BCUT2D eigenvalue weighted by Gasteiger charge is -2.37. The highest BCUT2D eigenvalue weighted by molar-refractivity contribution is 6.00. The molecule has 2 amide bonds. The van der Waals surface area contributed by atoms with Crippen molar-refractivity contribution in [2.45, 2.75) is 32.2 Å². The Morgan fingerprint density at radius 1 is 0.838 bits per heavy atom. The molecule has 1 N–H and O–H groups in total. The van der Waals surface area contributed by atoms with E-state index >= 15 is 0 Å². The van der Waals surface area contributed by atoms with Gasteiger partial charge in [0.05, 0.1) is 5.56 Å². The average Bonchev–Trinajstić information content (AvgIpc) is 2.98. The van der Waals surface area contributed by atoms with Crippen molar-refractivity contribution in [3.63, 3.8) is 0 Å². The zero-order valence-electron chi connectivity index (χ0n) is 21.5. The number of amides is 2. The van der Waals surface area contributed by atoms with Crippen molar-refractivity contribution in [2.24, 2.45) is 0 Å². The molecule has 5 rings (SSSR count). The second-order valence-electron chi connectivity index (χ2n) is 9.77. The molecule has 0 saturated carbocycles. The van der Waals surface area contributed by atoms with Crippen LogP contribution in [0.3, 0.4) is 0 Å². The van der Waals surface area contributed by atoms with Gasteiger partial charge < -0.3 is 20.0 Å². The topological polar surface area (TPSA) is 68.8 Å². The molecule has 7 nitrogen and oxygen atoms in total. The summed E-state index contributed by atoms with van der Waals surface area (Å²) >= 11 is 0. The Hall–Kier alpha value is -3.87. The SMILES string of the molecule is CCc1ccc(C(=O)NC2CCN(c3ccccc3C(=O)N3CCN(c4ccccn4)CC3)CC2)cc1. The number of nitrogens with one attached hydrogen (secondary N) is 1. The number of aryl methyl sites for hydroxylation is 1. The number of piperazine rings is 1. The van der Waals surface area contributed by atoms with Crippen LogP contribution in [-0.4, -0.2) is 67.0 Å². The number of hydrogen-bond donors (Lipinski definition) is 1. The van der Waals surface area contributed by atoms with Gasteiger partial charge in [-0.3, -0.25) is 9.59 Å². The summed E-state index contributed by atoms with van der Waals surface area (Å²) in [4.78, 5) is 37.2. The molecule has 2 aliphatic heterocycles. The largest absolute Gasteiger partial charge is 0.371 e. The van der Waals surface area contributed by atoms with Crippen LogP contribution in [0, 0.1) is 0 Å². The van der Waals surface area contributed by atoms with Crippen molar-refractivity contribution >= 4 is 23.3 Å². The number of anilines is 2. The van der Waals surface area contributed by atoms with Gasteiger partial charge in [0.1, 0.15) is 5.82 Å². The Balaban J connectivity index is 1.17. The maximum atomic E-state index is 13.5. The second-order valence-corrected chi connectivity index (χ2v) is 9.77. The highest BCUT2D eigenvalue weighted by Crippen LogP contribution is 2.26. The standard InChI is InChI=1S/C30H35N5O2/c1-2-23-10-12-24(13-11-23)29(36)32-25-14-17-33(18-15-25)27-8-4-3-7-26(27)30(37)35-21-19-34(20-22-35)28-9-5-6-16-31-28/h3-13,16,25H,2,14-15,17-22H2,1H3,(H,32,36). The molecule has 2 aromatic carbocycles. The van der Waals surface area contributed by atoms with Crippen LogP contribution in [0.25, 0.3) is 0 Å². The maximum absolute atomic E-state index is 13.5. The number of piperidine rings is 1. The van der Waals surface area contributed by atoms with Gasteiger partial charge in [0, 0.05) is 62.8 Å². The minimum absolute atomic E-state index is 0.0125. The van der Waals surface area contributed by atoms with Gasteiger partial charge in [-0.25, -0.2) is 4.98 Å². The van der Waals surface area contributed by atoms with E-state index in [1.54, 1.807) is 6.20 Å². The molecule has 192 valence electrons. The van der Waals surface area contributed by atoms with Gasteiger partial charge in [-0.2, -0.15) is 0 Å². The van der Waals surface area contributed by atoms with Crippen molar-refractivity contribution in [3.8, 4) is 0 Å². The molecule has 3 heterocycles. The first kappa shape index (κ1) is 24.8. The van der Waals surface area contributed by atoms with Crippen LogP contribution in [0.2, 0.25) is 0 Å². The van der Waals surface area contributed by atoms with E-state index in [4.69, 9.17) is 0 Å².